The lowest BCUT2D eigenvalue weighted by atomic mass is 10.2. The van der Waals surface area contributed by atoms with Crippen molar-refractivity contribution >= 4 is 5.57 Å². The lowest BCUT2D eigenvalue weighted by Gasteiger charge is -1.99. The van der Waals surface area contributed by atoms with Gasteiger partial charge in [0.25, 0.3) is 0 Å². The van der Waals surface area contributed by atoms with Crippen molar-refractivity contribution in [2.24, 2.45) is 0 Å². The largest absolute Gasteiger partial charge is 0.423 e. The maximum absolute atomic E-state index is 11.3. The first-order valence-corrected chi connectivity index (χ1v) is 4.45. The van der Waals surface area contributed by atoms with Crippen molar-refractivity contribution in [3.8, 4) is 0 Å². The molecule has 0 aliphatic carbocycles. The van der Waals surface area contributed by atoms with Gasteiger partial charge in [-0.05, 0) is 38.0 Å². The highest BCUT2D eigenvalue weighted by Gasteiger charge is 2.02. The fourth-order valence-corrected chi connectivity index (χ4v) is 1.06. The molecule has 1 rings (SSSR count). The Kier molecular flexibility index (Phi) is 3.07. The van der Waals surface area contributed by atoms with Gasteiger partial charge in [-0.15, -0.1) is 0 Å². The van der Waals surface area contributed by atoms with E-state index in [2.05, 4.69) is 0 Å². The molecule has 0 unspecified atom stereocenters. The average molecular weight is 178 g/mol. The molecule has 2 nitrogen and oxygen atoms in total. The molecule has 0 saturated carbocycles. The van der Waals surface area contributed by atoms with E-state index < -0.39 is 0 Å². The summed E-state index contributed by atoms with van der Waals surface area (Å²) >= 11 is 0. The van der Waals surface area contributed by atoms with Crippen LogP contribution in [0.3, 0.4) is 0 Å². The molecule has 0 atom stereocenters. The molecule has 0 amide bonds. The maximum Gasteiger partial charge on any atom is 0.339 e. The highest BCUT2D eigenvalue weighted by Crippen LogP contribution is 2.11. The second kappa shape index (κ2) is 4.08. The lowest BCUT2D eigenvalue weighted by molar-refractivity contribution is 0.489. The Hall–Kier alpha value is -1.31. The second-order valence-corrected chi connectivity index (χ2v) is 2.94. The molecule has 13 heavy (non-hydrogen) atoms. The Labute approximate surface area is 77.9 Å². The summed E-state index contributed by atoms with van der Waals surface area (Å²) in [5.41, 5.74) is 1.49. The topological polar surface area (TPSA) is 30.2 Å². The molecule has 0 saturated heterocycles. The monoisotopic (exact) mass is 178 g/mol. The van der Waals surface area contributed by atoms with Crippen molar-refractivity contribution in [1.29, 1.82) is 0 Å². The van der Waals surface area contributed by atoms with Gasteiger partial charge in [0.2, 0.25) is 0 Å². The number of hydrogen-bond acceptors (Lipinski definition) is 2. The summed E-state index contributed by atoms with van der Waals surface area (Å²) in [5, 5.41) is 0. The van der Waals surface area contributed by atoms with Crippen molar-refractivity contribution in [1.82, 2.24) is 0 Å². The van der Waals surface area contributed by atoms with Gasteiger partial charge < -0.3 is 4.42 Å². The quantitative estimate of drug-likeness (QED) is 0.696. The van der Waals surface area contributed by atoms with Crippen LogP contribution in [-0.4, -0.2) is 0 Å². The molecule has 0 spiro atoms. The number of aryl methyl sites for hydroxylation is 1. The summed E-state index contributed by atoms with van der Waals surface area (Å²) in [6.45, 7) is 5.78. The van der Waals surface area contributed by atoms with Crippen LogP contribution in [0, 0.1) is 0 Å². The molecule has 1 aromatic heterocycles. The van der Waals surface area contributed by atoms with Gasteiger partial charge in [0, 0.05) is 5.56 Å². The van der Waals surface area contributed by atoms with Gasteiger partial charge >= 0.3 is 5.63 Å². The average Bonchev–Trinajstić information content (AvgIpc) is 2.16. The van der Waals surface area contributed by atoms with E-state index in [9.17, 15) is 4.79 Å². The number of allylic oxidation sites excluding steroid dienone is 2. The van der Waals surface area contributed by atoms with Crippen LogP contribution in [0.1, 0.15) is 32.1 Å². The molecule has 2 heteroatoms. The Morgan fingerprint density at radius 1 is 1.54 bits per heavy atom. The first-order chi connectivity index (χ1) is 6.19. The van der Waals surface area contributed by atoms with Gasteiger partial charge in [0.1, 0.15) is 5.76 Å². The summed E-state index contributed by atoms with van der Waals surface area (Å²) in [6, 6.07) is 3.67. The Balaban J connectivity index is 3.18. The van der Waals surface area contributed by atoms with Crippen LogP contribution in [0.15, 0.2) is 27.4 Å². The Morgan fingerprint density at radius 3 is 2.69 bits per heavy atom. The van der Waals surface area contributed by atoms with E-state index in [-0.39, 0.29) is 5.63 Å². The van der Waals surface area contributed by atoms with Gasteiger partial charge in [-0.25, -0.2) is 4.79 Å². The molecule has 0 bridgehead atoms. The summed E-state index contributed by atoms with van der Waals surface area (Å²) in [5.74, 6) is 0.657. The molecule has 1 heterocycles. The van der Waals surface area contributed by atoms with E-state index in [1.165, 1.54) is 0 Å². The van der Waals surface area contributed by atoms with Gasteiger partial charge in [0.05, 0.1) is 0 Å². The maximum atomic E-state index is 11.3. The predicted molar refractivity (Wildman–Crippen MR) is 53.7 cm³/mol. The van der Waals surface area contributed by atoms with E-state index in [4.69, 9.17) is 4.42 Å². The molecule has 0 radical (unpaired) electrons. The SMILES string of the molecule is C/C=C(\C)c1ccc(CC)c(=O)o1. The second-order valence-electron chi connectivity index (χ2n) is 2.94. The van der Waals surface area contributed by atoms with Crippen LogP contribution in [0.5, 0.6) is 0 Å². The summed E-state index contributed by atoms with van der Waals surface area (Å²) in [4.78, 5) is 11.3. The first kappa shape index (κ1) is 9.78. The Morgan fingerprint density at radius 2 is 2.23 bits per heavy atom. The van der Waals surface area contributed by atoms with E-state index in [1.54, 1.807) is 0 Å². The van der Waals surface area contributed by atoms with Gasteiger partial charge in [-0.1, -0.05) is 13.0 Å². The fourth-order valence-electron chi connectivity index (χ4n) is 1.06. The van der Waals surface area contributed by atoms with E-state index >= 15 is 0 Å². The van der Waals surface area contributed by atoms with E-state index in [1.807, 2.05) is 39.0 Å². The van der Waals surface area contributed by atoms with Crippen molar-refractivity contribution in [2.75, 3.05) is 0 Å². The molecule has 0 N–H and O–H groups in total. The van der Waals surface area contributed by atoms with E-state index in [0.717, 1.165) is 17.6 Å². The minimum absolute atomic E-state index is 0.221. The molecule has 0 aliphatic heterocycles. The normalized spacial score (nSPS) is 11.8. The van der Waals surface area contributed by atoms with Crippen LogP contribution in [-0.2, 0) is 6.42 Å². The minimum atomic E-state index is -0.221. The van der Waals surface area contributed by atoms with Gasteiger partial charge in [-0.3, -0.25) is 0 Å². The standard InChI is InChI=1S/C11H14O2/c1-4-8(3)10-7-6-9(5-2)11(12)13-10/h4,6-7H,5H2,1-3H3/b8-4+. The van der Waals surface area contributed by atoms with Crippen molar-refractivity contribution in [3.05, 3.63) is 40.0 Å². The van der Waals surface area contributed by atoms with Crippen molar-refractivity contribution < 1.29 is 4.42 Å². The molecular weight excluding hydrogens is 164 g/mol. The summed E-state index contributed by atoms with van der Waals surface area (Å²) < 4.78 is 5.13. The van der Waals surface area contributed by atoms with Crippen LogP contribution in [0.2, 0.25) is 0 Å². The van der Waals surface area contributed by atoms with Crippen LogP contribution >= 0.6 is 0 Å². The predicted octanol–water partition coefficient (Wildman–Crippen LogP) is 2.63. The zero-order valence-electron chi connectivity index (χ0n) is 8.26. The molecule has 0 aromatic carbocycles. The minimum Gasteiger partial charge on any atom is -0.423 e. The van der Waals surface area contributed by atoms with Crippen molar-refractivity contribution in [3.63, 3.8) is 0 Å². The zero-order chi connectivity index (χ0) is 9.84. The Bertz CT molecular complexity index is 372. The lowest BCUT2D eigenvalue weighted by Crippen LogP contribution is -2.06. The third-order valence-electron chi connectivity index (χ3n) is 2.10. The molecule has 0 fully saturated rings. The highest BCUT2D eigenvalue weighted by molar-refractivity contribution is 5.58. The van der Waals surface area contributed by atoms with Crippen LogP contribution in [0.25, 0.3) is 5.57 Å². The smallest absolute Gasteiger partial charge is 0.339 e. The first-order valence-electron chi connectivity index (χ1n) is 4.45. The van der Waals surface area contributed by atoms with Crippen LogP contribution < -0.4 is 5.63 Å². The molecule has 0 aliphatic rings. The van der Waals surface area contributed by atoms with Crippen molar-refractivity contribution in [2.45, 2.75) is 27.2 Å². The number of hydrogen-bond donors (Lipinski definition) is 0. The molecule has 1 aromatic rings. The van der Waals surface area contributed by atoms with Crippen LogP contribution in [0.4, 0.5) is 0 Å². The van der Waals surface area contributed by atoms with Gasteiger partial charge in [-0.2, -0.15) is 0 Å². The summed E-state index contributed by atoms with van der Waals surface area (Å²) in [6.07, 6.45) is 2.64. The fraction of sp³-hybridized carbons (Fsp3) is 0.364. The van der Waals surface area contributed by atoms with Gasteiger partial charge in [0.15, 0.2) is 0 Å². The molecular formula is C11H14O2. The summed E-state index contributed by atoms with van der Waals surface area (Å²) in [7, 11) is 0. The third kappa shape index (κ3) is 2.08. The van der Waals surface area contributed by atoms with E-state index in [0.29, 0.717) is 5.76 Å². The highest BCUT2D eigenvalue weighted by atomic mass is 16.4. The zero-order valence-corrected chi connectivity index (χ0v) is 8.26. The number of rotatable bonds is 2. The molecule has 70 valence electrons. The third-order valence-corrected chi connectivity index (χ3v) is 2.10.